The summed E-state index contributed by atoms with van der Waals surface area (Å²) in [5.41, 5.74) is 0. The van der Waals surface area contributed by atoms with Crippen LogP contribution in [0.4, 0.5) is 0 Å². The first kappa shape index (κ1) is 12.0. The quantitative estimate of drug-likeness (QED) is 0.887. The van der Waals surface area contributed by atoms with Crippen LogP contribution in [0.25, 0.3) is 0 Å². The van der Waals surface area contributed by atoms with E-state index in [1.165, 1.54) is 0 Å². The molecule has 0 spiro atoms. The molecule has 1 aromatic carbocycles. The molecule has 5 heteroatoms. The summed E-state index contributed by atoms with van der Waals surface area (Å²) >= 11 is 0. The van der Waals surface area contributed by atoms with E-state index in [1.807, 2.05) is 18.0 Å². The molecule has 0 aliphatic carbocycles. The van der Waals surface area contributed by atoms with E-state index in [1.54, 1.807) is 30.3 Å². The minimum absolute atomic E-state index is 0.292. The minimum atomic E-state index is -3.45. The first-order valence-electron chi connectivity index (χ1n) is 5.59. The van der Waals surface area contributed by atoms with Crippen molar-refractivity contribution in [3.05, 3.63) is 42.2 Å². The maximum Gasteiger partial charge on any atom is 0.262 e. The summed E-state index contributed by atoms with van der Waals surface area (Å²) in [5.74, 6) is 0.667. The van der Waals surface area contributed by atoms with Gasteiger partial charge in [-0.15, -0.1) is 0 Å². The maximum absolute atomic E-state index is 12.1. The number of nitrogens with zero attached hydrogens (tertiary/aromatic N) is 1. The van der Waals surface area contributed by atoms with Crippen molar-refractivity contribution in [1.82, 2.24) is 9.62 Å². The SMILES string of the molecule is CN1CCCC=C1NS(=O)(=O)c1ccccc1. The second kappa shape index (κ2) is 4.79. The second-order valence-electron chi connectivity index (χ2n) is 4.07. The van der Waals surface area contributed by atoms with Gasteiger partial charge < -0.3 is 4.90 Å². The molecule has 0 atom stereocenters. The van der Waals surface area contributed by atoms with Crippen LogP contribution in [0.2, 0.25) is 0 Å². The third-order valence-electron chi connectivity index (χ3n) is 2.74. The Morgan fingerprint density at radius 1 is 1.24 bits per heavy atom. The lowest BCUT2D eigenvalue weighted by Gasteiger charge is -2.26. The Bertz CT molecular complexity index is 509. The minimum Gasteiger partial charge on any atom is -0.361 e. The molecule has 0 radical (unpaired) electrons. The van der Waals surface area contributed by atoms with Crippen molar-refractivity contribution >= 4 is 10.0 Å². The lowest BCUT2D eigenvalue weighted by molar-refractivity contribution is 0.373. The van der Waals surface area contributed by atoms with Crippen LogP contribution in [0, 0.1) is 0 Å². The van der Waals surface area contributed by atoms with Gasteiger partial charge in [0.1, 0.15) is 5.82 Å². The van der Waals surface area contributed by atoms with Crippen molar-refractivity contribution in [1.29, 1.82) is 0 Å². The van der Waals surface area contributed by atoms with E-state index in [-0.39, 0.29) is 0 Å². The number of rotatable bonds is 3. The Labute approximate surface area is 102 Å². The summed E-state index contributed by atoms with van der Waals surface area (Å²) < 4.78 is 26.8. The van der Waals surface area contributed by atoms with Crippen LogP contribution in [0.1, 0.15) is 12.8 Å². The Morgan fingerprint density at radius 3 is 2.59 bits per heavy atom. The average Bonchev–Trinajstić information content (AvgIpc) is 2.33. The van der Waals surface area contributed by atoms with E-state index in [2.05, 4.69) is 4.72 Å². The highest BCUT2D eigenvalue weighted by Crippen LogP contribution is 2.14. The molecule has 0 unspecified atom stereocenters. The highest BCUT2D eigenvalue weighted by Gasteiger charge is 2.18. The standard InChI is InChI=1S/C12H16N2O2S/c1-14-10-6-5-9-12(14)13-17(15,16)11-7-3-2-4-8-11/h2-4,7-9,13H,5-6,10H2,1H3. The monoisotopic (exact) mass is 252 g/mol. The molecule has 0 aromatic heterocycles. The van der Waals surface area contributed by atoms with Crippen molar-refractivity contribution < 1.29 is 8.42 Å². The Kier molecular flexibility index (Phi) is 3.38. The summed E-state index contributed by atoms with van der Waals surface area (Å²) in [6.07, 6.45) is 3.90. The molecule has 1 N–H and O–H groups in total. The fourth-order valence-corrected chi connectivity index (χ4v) is 2.91. The largest absolute Gasteiger partial charge is 0.361 e. The molecule has 1 aliphatic rings. The zero-order valence-electron chi connectivity index (χ0n) is 9.76. The molecule has 92 valence electrons. The van der Waals surface area contributed by atoms with Crippen LogP contribution >= 0.6 is 0 Å². The van der Waals surface area contributed by atoms with Gasteiger partial charge in [0.25, 0.3) is 10.0 Å². The molecular weight excluding hydrogens is 236 g/mol. The predicted octanol–water partition coefficient (Wildman–Crippen LogP) is 1.53. The number of hydrogen-bond donors (Lipinski definition) is 1. The van der Waals surface area contributed by atoms with E-state index in [0.29, 0.717) is 10.7 Å². The van der Waals surface area contributed by atoms with Gasteiger partial charge in [0.15, 0.2) is 0 Å². The summed E-state index contributed by atoms with van der Waals surface area (Å²) in [7, 11) is -1.57. The molecule has 1 aliphatic heterocycles. The van der Waals surface area contributed by atoms with Crippen molar-refractivity contribution in [2.45, 2.75) is 17.7 Å². The van der Waals surface area contributed by atoms with Crippen LogP contribution in [-0.4, -0.2) is 26.9 Å². The number of hydrogen-bond acceptors (Lipinski definition) is 3. The van der Waals surface area contributed by atoms with Gasteiger partial charge >= 0.3 is 0 Å². The third kappa shape index (κ3) is 2.79. The molecule has 1 heterocycles. The lowest BCUT2D eigenvalue weighted by Crippen LogP contribution is -2.35. The van der Waals surface area contributed by atoms with E-state index < -0.39 is 10.0 Å². The van der Waals surface area contributed by atoms with Crippen LogP contribution in [0.3, 0.4) is 0 Å². The molecular formula is C12H16N2O2S. The van der Waals surface area contributed by atoms with Gasteiger partial charge in [0, 0.05) is 13.6 Å². The van der Waals surface area contributed by atoms with E-state index in [0.717, 1.165) is 19.4 Å². The van der Waals surface area contributed by atoms with Crippen molar-refractivity contribution in [3.8, 4) is 0 Å². The van der Waals surface area contributed by atoms with Gasteiger partial charge in [-0.05, 0) is 31.1 Å². The molecule has 0 bridgehead atoms. The van der Waals surface area contributed by atoms with E-state index in [9.17, 15) is 8.42 Å². The van der Waals surface area contributed by atoms with Crippen LogP contribution in [-0.2, 0) is 10.0 Å². The third-order valence-corrected chi connectivity index (χ3v) is 4.11. The summed E-state index contributed by atoms with van der Waals surface area (Å²) in [4.78, 5) is 2.21. The molecule has 1 aromatic rings. The second-order valence-corrected chi connectivity index (χ2v) is 5.75. The Balaban J connectivity index is 2.21. The lowest BCUT2D eigenvalue weighted by atomic mass is 10.2. The van der Waals surface area contributed by atoms with Gasteiger partial charge in [0.2, 0.25) is 0 Å². The maximum atomic E-state index is 12.1. The molecule has 0 amide bonds. The molecule has 0 fully saturated rings. The van der Waals surface area contributed by atoms with Crippen molar-refractivity contribution in [2.75, 3.05) is 13.6 Å². The summed E-state index contributed by atoms with van der Waals surface area (Å²) in [6.45, 7) is 0.878. The van der Waals surface area contributed by atoms with Crippen molar-refractivity contribution in [2.24, 2.45) is 0 Å². The fourth-order valence-electron chi connectivity index (χ4n) is 1.76. The molecule has 4 nitrogen and oxygen atoms in total. The van der Waals surface area contributed by atoms with Crippen LogP contribution in [0.5, 0.6) is 0 Å². The smallest absolute Gasteiger partial charge is 0.262 e. The topological polar surface area (TPSA) is 49.4 Å². The zero-order valence-corrected chi connectivity index (χ0v) is 10.6. The molecule has 2 rings (SSSR count). The first-order valence-corrected chi connectivity index (χ1v) is 7.07. The van der Waals surface area contributed by atoms with Gasteiger partial charge in [-0.1, -0.05) is 18.2 Å². The molecule has 0 saturated heterocycles. The van der Waals surface area contributed by atoms with Crippen LogP contribution < -0.4 is 4.72 Å². The summed E-state index contributed by atoms with van der Waals surface area (Å²) in [5, 5.41) is 0. The Morgan fingerprint density at radius 2 is 1.94 bits per heavy atom. The Hall–Kier alpha value is -1.49. The number of allylic oxidation sites excluding steroid dienone is 1. The summed E-state index contributed by atoms with van der Waals surface area (Å²) in [6, 6.07) is 8.41. The van der Waals surface area contributed by atoms with Crippen LogP contribution in [0.15, 0.2) is 47.1 Å². The van der Waals surface area contributed by atoms with Gasteiger partial charge in [-0.2, -0.15) is 0 Å². The van der Waals surface area contributed by atoms with E-state index in [4.69, 9.17) is 0 Å². The zero-order chi connectivity index (χ0) is 12.3. The average molecular weight is 252 g/mol. The molecule has 0 saturated carbocycles. The van der Waals surface area contributed by atoms with Crippen molar-refractivity contribution in [3.63, 3.8) is 0 Å². The van der Waals surface area contributed by atoms with E-state index >= 15 is 0 Å². The van der Waals surface area contributed by atoms with Gasteiger partial charge in [-0.3, -0.25) is 4.72 Å². The number of sulfonamides is 1. The number of benzene rings is 1. The highest BCUT2D eigenvalue weighted by molar-refractivity contribution is 7.89. The number of nitrogens with one attached hydrogen (secondary N) is 1. The van der Waals surface area contributed by atoms with Gasteiger partial charge in [0.05, 0.1) is 4.90 Å². The first-order chi connectivity index (χ1) is 8.09. The van der Waals surface area contributed by atoms with Gasteiger partial charge in [-0.25, -0.2) is 8.42 Å². The predicted molar refractivity (Wildman–Crippen MR) is 66.7 cm³/mol. The molecule has 17 heavy (non-hydrogen) atoms. The fraction of sp³-hybridized carbons (Fsp3) is 0.333. The normalized spacial score (nSPS) is 16.5. The highest BCUT2D eigenvalue weighted by atomic mass is 32.2.